The summed E-state index contributed by atoms with van der Waals surface area (Å²) < 4.78 is 34.6. The minimum atomic E-state index is -1.98. The minimum absolute atomic E-state index is 0.238. The molecule has 3 saturated heterocycles. The molecule has 0 spiro atoms. The van der Waals surface area contributed by atoms with Gasteiger partial charge in [-0.3, -0.25) is 4.79 Å². The molecule has 0 aromatic rings. The SMILES string of the molecule is CC/C=C\C/C=C\C/C=C\C/C=C\CCCCCCCCCCCCCCCCCCCCCCCCCCCCCCC(=O)NC(COC1OC(CO)C(OC2OC(CO)C(OC3OC(CO)C(O)C(O)C3O)C(O)C2O)C(O)C1O)C(O)/C=C/CC/C=C/CCCCCCCCCCCCCCCCCCCCCCCCCCCCC. The summed E-state index contributed by atoms with van der Waals surface area (Å²) in [5.41, 5.74) is 0. The molecule has 3 heterocycles. The first-order valence-corrected chi connectivity index (χ1v) is 49.7. The number of aliphatic hydroxyl groups is 11. The lowest BCUT2D eigenvalue weighted by Crippen LogP contribution is -2.66. The highest BCUT2D eigenvalue weighted by molar-refractivity contribution is 5.76. The van der Waals surface area contributed by atoms with Gasteiger partial charge < -0.3 is 89.9 Å². The quantitative estimate of drug-likeness (QED) is 0.0199. The molecule has 0 aliphatic carbocycles. The molecule has 0 bridgehead atoms. The summed E-state index contributed by atoms with van der Waals surface area (Å²) in [6, 6.07) is -0.993. The van der Waals surface area contributed by atoms with Gasteiger partial charge in [0, 0.05) is 6.42 Å². The molecular formula is C100H183NO18. The Morgan fingerprint density at radius 2 is 0.588 bits per heavy atom. The highest BCUT2D eigenvalue weighted by Gasteiger charge is 2.54. The molecule has 119 heavy (non-hydrogen) atoms. The summed E-state index contributed by atoms with van der Waals surface area (Å²) in [5.74, 6) is -0.277. The third kappa shape index (κ3) is 56.1. The fraction of sp³-hybridized carbons (Fsp3) is 0.870. The molecule has 17 atom stereocenters. The molecule has 3 rings (SSSR count). The van der Waals surface area contributed by atoms with E-state index in [0.717, 1.165) is 64.2 Å². The number of carbonyl (C=O) groups excluding carboxylic acids is 1. The van der Waals surface area contributed by atoms with Gasteiger partial charge in [-0.2, -0.15) is 0 Å². The molecule has 12 N–H and O–H groups in total. The predicted molar refractivity (Wildman–Crippen MR) is 485 cm³/mol. The van der Waals surface area contributed by atoms with Crippen LogP contribution in [-0.4, -0.2) is 193 Å². The lowest BCUT2D eigenvalue weighted by Gasteiger charge is -2.48. The highest BCUT2D eigenvalue weighted by atomic mass is 16.8. The molecular weight excluding hydrogens is 1500 g/mol. The van der Waals surface area contributed by atoms with Crippen molar-refractivity contribution in [3.05, 3.63) is 72.9 Å². The van der Waals surface area contributed by atoms with Gasteiger partial charge in [-0.15, -0.1) is 0 Å². The third-order valence-corrected chi connectivity index (χ3v) is 24.5. The van der Waals surface area contributed by atoms with Gasteiger partial charge in [0.1, 0.15) is 73.2 Å². The summed E-state index contributed by atoms with van der Waals surface area (Å²) >= 11 is 0. The summed E-state index contributed by atoms with van der Waals surface area (Å²) in [6.45, 7) is 1.67. The van der Waals surface area contributed by atoms with Crippen LogP contribution >= 0.6 is 0 Å². The Morgan fingerprint density at radius 3 is 0.941 bits per heavy atom. The van der Waals surface area contributed by atoms with Gasteiger partial charge in [0.2, 0.25) is 5.91 Å². The maximum Gasteiger partial charge on any atom is 0.220 e. The van der Waals surface area contributed by atoms with Gasteiger partial charge in [0.25, 0.3) is 0 Å². The average Bonchev–Trinajstić information content (AvgIpc) is 0.778. The molecule has 0 aromatic heterocycles. The van der Waals surface area contributed by atoms with Crippen LogP contribution in [-0.2, 0) is 33.2 Å². The van der Waals surface area contributed by atoms with E-state index in [4.69, 9.17) is 28.4 Å². The zero-order valence-electron chi connectivity index (χ0n) is 75.6. The zero-order valence-corrected chi connectivity index (χ0v) is 75.6. The smallest absolute Gasteiger partial charge is 0.220 e. The maximum atomic E-state index is 13.6. The van der Waals surface area contributed by atoms with Crippen molar-refractivity contribution in [3.63, 3.8) is 0 Å². The number of nitrogens with one attached hydrogen (secondary N) is 1. The van der Waals surface area contributed by atoms with Crippen LogP contribution in [0.25, 0.3) is 0 Å². The van der Waals surface area contributed by atoms with Crippen LogP contribution in [0.4, 0.5) is 0 Å². The van der Waals surface area contributed by atoms with E-state index in [0.29, 0.717) is 12.8 Å². The first kappa shape index (κ1) is 110. The number of hydrogen-bond acceptors (Lipinski definition) is 18. The van der Waals surface area contributed by atoms with E-state index in [1.54, 1.807) is 6.08 Å². The van der Waals surface area contributed by atoms with Crippen LogP contribution in [0.1, 0.15) is 425 Å². The van der Waals surface area contributed by atoms with Crippen molar-refractivity contribution >= 4 is 5.91 Å². The number of ether oxygens (including phenoxy) is 6. The Labute approximate surface area is 725 Å². The summed E-state index contributed by atoms with van der Waals surface area (Å²) in [4.78, 5) is 13.6. The molecule has 696 valence electrons. The van der Waals surface area contributed by atoms with Crippen molar-refractivity contribution in [2.24, 2.45) is 0 Å². The molecule has 3 fully saturated rings. The summed E-state index contributed by atoms with van der Waals surface area (Å²) in [6.07, 6.45) is 81.0. The fourth-order valence-electron chi connectivity index (χ4n) is 16.7. The van der Waals surface area contributed by atoms with Gasteiger partial charge in [0.15, 0.2) is 18.9 Å². The molecule has 3 aliphatic rings. The van der Waals surface area contributed by atoms with Gasteiger partial charge in [-0.05, 0) is 70.6 Å². The Morgan fingerprint density at radius 1 is 0.311 bits per heavy atom. The Bertz CT molecular complexity index is 2430. The normalized spacial score (nSPS) is 24.5. The van der Waals surface area contributed by atoms with Crippen LogP contribution in [0.2, 0.25) is 0 Å². The number of rotatable bonds is 82. The van der Waals surface area contributed by atoms with Gasteiger partial charge >= 0.3 is 0 Å². The Hall–Kier alpha value is -2.77. The van der Waals surface area contributed by atoms with Crippen molar-refractivity contribution in [2.75, 3.05) is 26.4 Å². The van der Waals surface area contributed by atoms with Crippen LogP contribution in [0.5, 0.6) is 0 Å². The highest BCUT2D eigenvalue weighted by Crippen LogP contribution is 2.34. The van der Waals surface area contributed by atoms with E-state index in [-0.39, 0.29) is 18.9 Å². The topological polar surface area (TPSA) is 307 Å². The van der Waals surface area contributed by atoms with Crippen LogP contribution < -0.4 is 5.32 Å². The van der Waals surface area contributed by atoms with Crippen LogP contribution in [0.15, 0.2) is 72.9 Å². The van der Waals surface area contributed by atoms with Crippen LogP contribution in [0.3, 0.4) is 0 Å². The number of amides is 1. The number of carbonyl (C=O) groups is 1. The number of hydrogen-bond donors (Lipinski definition) is 12. The van der Waals surface area contributed by atoms with E-state index < -0.39 is 124 Å². The number of aliphatic hydroxyl groups excluding tert-OH is 11. The first-order chi connectivity index (χ1) is 58.3. The van der Waals surface area contributed by atoms with Crippen LogP contribution in [0, 0.1) is 0 Å². The Balaban J connectivity index is 1.28. The molecule has 17 unspecified atom stereocenters. The molecule has 0 aromatic carbocycles. The summed E-state index contributed by atoms with van der Waals surface area (Å²) in [7, 11) is 0. The fourth-order valence-corrected chi connectivity index (χ4v) is 16.7. The van der Waals surface area contributed by atoms with Crippen molar-refractivity contribution in [3.8, 4) is 0 Å². The molecule has 19 heteroatoms. The van der Waals surface area contributed by atoms with E-state index in [9.17, 15) is 61.0 Å². The van der Waals surface area contributed by atoms with E-state index in [1.807, 2.05) is 6.08 Å². The van der Waals surface area contributed by atoms with E-state index in [1.165, 1.54) is 327 Å². The molecule has 0 saturated carbocycles. The lowest BCUT2D eigenvalue weighted by molar-refractivity contribution is -0.379. The second kappa shape index (κ2) is 78.7. The van der Waals surface area contributed by atoms with E-state index in [2.05, 4.69) is 79.9 Å². The molecule has 19 nitrogen and oxygen atoms in total. The Kier molecular flexibility index (Phi) is 73.0. The van der Waals surface area contributed by atoms with Crippen molar-refractivity contribution in [1.82, 2.24) is 5.32 Å². The van der Waals surface area contributed by atoms with Crippen molar-refractivity contribution in [2.45, 2.75) is 529 Å². The monoisotopic (exact) mass is 1690 g/mol. The van der Waals surface area contributed by atoms with Gasteiger partial charge in [0.05, 0.1) is 38.6 Å². The molecule has 0 radical (unpaired) electrons. The second-order valence-electron chi connectivity index (χ2n) is 35.2. The standard InChI is InChI=1S/C100H183NO18/c1-3-5-7-9-11-13-15-17-19-21-23-25-27-29-31-33-35-37-38-39-40-41-42-43-44-46-48-50-52-54-56-58-60-62-64-66-68-70-72-74-76-78-88(106)101-83(84(105)77-75-73-71-69-67-65-63-61-59-57-55-53-51-49-47-45-36-34-32-30-28-26-24-22-20-18-16-14-12-10-8-6-4-2)82-114-98-94(112)91(109)96(86(80-103)116-98)119-100-95(113)92(110)97(87(81-104)117-100)118-99-93(111)90(108)89(107)85(79-102)115-99/h5,7,11,13,17,19,23,25,67,69,75,77,83-87,89-100,102-105,107-113H,3-4,6,8-10,12,14-16,18,20-22,24,26-66,68,70-74,76,78-82H2,1-2H3,(H,101,106)/b7-5-,13-11-,19-17-,25-23-,69-67+,77-75+. The largest absolute Gasteiger partial charge is 0.394 e. The summed E-state index contributed by atoms with van der Waals surface area (Å²) in [5, 5.41) is 121. The van der Waals surface area contributed by atoms with Gasteiger partial charge in [-0.25, -0.2) is 0 Å². The van der Waals surface area contributed by atoms with Gasteiger partial charge in [-0.1, -0.05) is 421 Å². The second-order valence-corrected chi connectivity index (χ2v) is 35.2. The number of allylic oxidation sites excluding steroid dienone is 11. The first-order valence-electron chi connectivity index (χ1n) is 49.7. The third-order valence-electron chi connectivity index (χ3n) is 24.5. The van der Waals surface area contributed by atoms with E-state index >= 15 is 0 Å². The van der Waals surface area contributed by atoms with Crippen molar-refractivity contribution < 1.29 is 89.4 Å². The van der Waals surface area contributed by atoms with Crippen molar-refractivity contribution in [1.29, 1.82) is 0 Å². The average molecular weight is 1690 g/mol. The predicted octanol–water partition coefficient (Wildman–Crippen LogP) is 20.6. The maximum absolute atomic E-state index is 13.6. The molecule has 1 amide bonds. The zero-order chi connectivity index (χ0) is 85.9. The lowest BCUT2D eigenvalue weighted by atomic mass is 9.96. The molecule has 3 aliphatic heterocycles. The number of unbranched alkanes of at least 4 members (excludes halogenated alkanes) is 56. The minimum Gasteiger partial charge on any atom is -0.394 e.